The zero-order valence-electron chi connectivity index (χ0n) is 13.7. The first-order valence-corrected chi connectivity index (χ1v) is 8.53. The fraction of sp³-hybridized carbons (Fsp3) is 0.529. The molecule has 0 bridgehead atoms. The largest absolute Gasteiger partial charge is 0.341 e. The van der Waals surface area contributed by atoms with Crippen molar-refractivity contribution in [3.05, 3.63) is 28.5 Å². The summed E-state index contributed by atoms with van der Waals surface area (Å²) in [5.74, 6) is -0.980. The van der Waals surface area contributed by atoms with Crippen LogP contribution in [0.15, 0.2) is 22.7 Å². The van der Waals surface area contributed by atoms with Crippen molar-refractivity contribution in [1.29, 1.82) is 0 Å². The van der Waals surface area contributed by atoms with E-state index in [9.17, 15) is 14.0 Å². The summed E-state index contributed by atoms with van der Waals surface area (Å²) in [6.07, 6.45) is 1.49. The van der Waals surface area contributed by atoms with Gasteiger partial charge in [0, 0.05) is 23.0 Å². The van der Waals surface area contributed by atoms with Crippen LogP contribution < -0.4 is 5.32 Å². The predicted octanol–water partition coefficient (Wildman–Crippen LogP) is 3.81. The number of hydrogen-bond donors (Lipinski definition) is 1. The molecule has 6 heteroatoms. The first-order chi connectivity index (χ1) is 10.7. The molecule has 0 saturated carbocycles. The van der Waals surface area contributed by atoms with E-state index in [1.165, 1.54) is 12.1 Å². The van der Waals surface area contributed by atoms with E-state index in [1.807, 2.05) is 20.8 Å². The number of anilines is 1. The van der Waals surface area contributed by atoms with E-state index in [-0.39, 0.29) is 23.4 Å². The van der Waals surface area contributed by atoms with Crippen LogP contribution in [-0.4, -0.2) is 29.8 Å². The number of carbonyl (C=O) groups excluding carboxylic acids is 2. The highest BCUT2D eigenvalue weighted by atomic mass is 79.9. The van der Waals surface area contributed by atoms with Crippen LogP contribution in [0.4, 0.5) is 10.1 Å². The lowest BCUT2D eigenvalue weighted by Crippen LogP contribution is -2.47. The zero-order valence-corrected chi connectivity index (χ0v) is 15.2. The second kappa shape index (κ2) is 6.99. The number of benzene rings is 1. The highest BCUT2D eigenvalue weighted by Crippen LogP contribution is 2.25. The average Bonchev–Trinajstić information content (AvgIpc) is 2.48. The summed E-state index contributed by atoms with van der Waals surface area (Å²) in [6.45, 7) is 6.68. The molecule has 2 rings (SSSR count). The lowest BCUT2D eigenvalue weighted by Gasteiger charge is -2.35. The van der Waals surface area contributed by atoms with Gasteiger partial charge in [0.15, 0.2) is 0 Å². The summed E-state index contributed by atoms with van der Waals surface area (Å²) < 4.78 is 14.4. The molecule has 1 saturated heterocycles. The molecule has 1 aliphatic rings. The molecule has 0 radical (unpaired) electrons. The Balaban J connectivity index is 2.03. The Morgan fingerprint density at radius 2 is 2.04 bits per heavy atom. The van der Waals surface area contributed by atoms with Crippen LogP contribution in [0, 0.1) is 17.2 Å². The van der Waals surface area contributed by atoms with Gasteiger partial charge in [0.25, 0.3) is 0 Å². The molecule has 1 aliphatic heterocycles. The van der Waals surface area contributed by atoms with Crippen molar-refractivity contribution >= 4 is 33.4 Å². The Labute approximate surface area is 144 Å². The van der Waals surface area contributed by atoms with Crippen molar-refractivity contribution in [2.45, 2.75) is 33.6 Å². The summed E-state index contributed by atoms with van der Waals surface area (Å²) in [7, 11) is 0. The van der Waals surface area contributed by atoms with Crippen LogP contribution in [0.3, 0.4) is 0 Å². The van der Waals surface area contributed by atoms with Gasteiger partial charge in [-0.05, 0) is 31.0 Å². The first-order valence-electron chi connectivity index (χ1n) is 7.74. The van der Waals surface area contributed by atoms with Crippen molar-refractivity contribution in [2.75, 3.05) is 18.4 Å². The molecule has 1 heterocycles. The van der Waals surface area contributed by atoms with Gasteiger partial charge in [-0.1, -0.05) is 36.7 Å². The summed E-state index contributed by atoms with van der Waals surface area (Å²) in [6, 6.07) is 4.51. The number of halogens is 2. The second-order valence-corrected chi connectivity index (χ2v) is 7.87. The molecule has 0 aliphatic carbocycles. The molecule has 4 nitrogen and oxygen atoms in total. The second-order valence-electron chi connectivity index (χ2n) is 6.95. The van der Waals surface area contributed by atoms with Gasteiger partial charge in [-0.3, -0.25) is 9.59 Å². The van der Waals surface area contributed by atoms with E-state index >= 15 is 0 Å². The van der Waals surface area contributed by atoms with Crippen LogP contribution in [0.1, 0.15) is 33.6 Å². The molecule has 1 fully saturated rings. The number of likely N-dealkylation sites (tertiary alicyclic amines) is 1. The van der Waals surface area contributed by atoms with Crippen molar-refractivity contribution in [2.24, 2.45) is 11.3 Å². The smallest absolute Gasteiger partial charge is 0.229 e. The van der Waals surface area contributed by atoms with Crippen molar-refractivity contribution in [1.82, 2.24) is 4.90 Å². The predicted molar refractivity (Wildman–Crippen MR) is 91.5 cm³/mol. The Hall–Kier alpha value is -1.43. The Morgan fingerprint density at radius 1 is 1.35 bits per heavy atom. The molecule has 2 amide bonds. The fourth-order valence-electron chi connectivity index (χ4n) is 2.68. The van der Waals surface area contributed by atoms with Crippen LogP contribution in [-0.2, 0) is 9.59 Å². The molecule has 23 heavy (non-hydrogen) atoms. The molecule has 1 aromatic carbocycles. The van der Waals surface area contributed by atoms with E-state index in [0.717, 1.165) is 6.42 Å². The minimum atomic E-state index is -0.480. The molecule has 0 spiro atoms. The number of carbonyl (C=O) groups is 2. The number of piperidine rings is 1. The van der Waals surface area contributed by atoms with Crippen LogP contribution in [0.25, 0.3) is 0 Å². The molecule has 1 atom stereocenters. The summed E-state index contributed by atoms with van der Waals surface area (Å²) in [5.41, 5.74) is -0.298. The van der Waals surface area contributed by atoms with Gasteiger partial charge in [0.2, 0.25) is 11.8 Å². The quantitative estimate of drug-likeness (QED) is 0.842. The van der Waals surface area contributed by atoms with Gasteiger partial charge < -0.3 is 10.2 Å². The lowest BCUT2D eigenvalue weighted by molar-refractivity contribution is -0.142. The number of hydrogen-bond acceptors (Lipinski definition) is 2. The minimum Gasteiger partial charge on any atom is -0.341 e. The topological polar surface area (TPSA) is 49.4 Å². The van der Waals surface area contributed by atoms with E-state index in [1.54, 1.807) is 11.0 Å². The Morgan fingerprint density at radius 3 is 2.65 bits per heavy atom. The number of nitrogens with one attached hydrogen (secondary N) is 1. The van der Waals surface area contributed by atoms with Crippen LogP contribution in [0.5, 0.6) is 0 Å². The Kier molecular flexibility index (Phi) is 5.45. The van der Waals surface area contributed by atoms with Crippen LogP contribution in [0.2, 0.25) is 0 Å². The third-order valence-electron chi connectivity index (χ3n) is 3.91. The summed E-state index contributed by atoms with van der Waals surface area (Å²) >= 11 is 3.18. The highest BCUT2D eigenvalue weighted by molar-refractivity contribution is 9.10. The van der Waals surface area contributed by atoms with Crippen molar-refractivity contribution in [3.8, 4) is 0 Å². The van der Waals surface area contributed by atoms with Gasteiger partial charge in [-0.15, -0.1) is 0 Å². The van der Waals surface area contributed by atoms with Crippen molar-refractivity contribution < 1.29 is 14.0 Å². The maximum atomic E-state index is 13.8. The molecule has 1 aromatic rings. The summed E-state index contributed by atoms with van der Waals surface area (Å²) in [4.78, 5) is 26.5. The molecular weight excluding hydrogens is 363 g/mol. The van der Waals surface area contributed by atoms with E-state index in [0.29, 0.717) is 24.0 Å². The minimum absolute atomic E-state index is 0.0461. The molecule has 0 aromatic heterocycles. The molecular formula is C17H22BrFN2O2. The number of nitrogens with zero attached hydrogens (tertiary/aromatic N) is 1. The monoisotopic (exact) mass is 384 g/mol. The van der Waals surface area contributed by atoms with Gasteiger partial charge in [-0.25, -0.2) is 4.39 Å². The first kappa shape index (κ1) is 17.9. The van der Waals surface area contributed by atoms with Gasteiger partial charge >= 0.3 is 0 Å². The maximum Gasteiger partial charge on any atom is 0.229 e. The van der Waals surface area contributed by atoms with Gasteiger partial charge in [-0.2, -0.15) is 0 Å². The average molecular weight is 385 g/mol. The zero-order chi connectivity index (χ0) is 17.2. The van der Waals surface area contributed by atoms with Crippen molar-refractivity contribution in [3.63, 3.8) is 0 Å². The van der Waals surface area contributed by atoms with E-state index in [2.05, 4.69) is 21.2 Å². The SMILES string of the molecule is CC(C)(C)C(=O)N1CCCC(C(=O)Nc2ccc(Br)cc2F)C1. The Bertz CT molecular complexity index is 613. The third kappa shape index (κ3) is 4.53. The van der Waals surface area contributed by atoms with Gasteiger partial charge in [0.05, 0.1) is 11.6 Å². The third-order valence-corrected chi connectivity index (χ3v) is 4.40. The summed E-state index contributed by atoms with van der Waals surface area (Å²) in [5, 5.41) is 2.63. The highest BCUT2D eigenvalue weighted by Gasteiger charge is 2.33. The fourth-order valence-corrected chi connectivity index (χ4v) is 3.01. The standard InChI is InChI=1S/C17H22BrFN2O2/c1-17(2,3)16(23)21-8-4-5-11(10-21)15(22)20-14-7-6-12(18)9-13(14)19/h6-7,9,11H,4-5,8,10H2,1-3H3,(H,20,22). The number of amides is 2. The normalized spacial score (nSPS) is 18.7. The molecule has 126 valence electrons. The number of rotatable bonds is 2. The van der Waals surface area contributed by atoms with E-state index < -0.39 is 11.2 Å². The van der Waals surface area contributed by atoms with E-state index in [4.69, 9.17) is 0 Å². The molecule has 1 N–H and O–H groups in total. The van der Waals surface area contributed by atoms with Crippen LogP contribution >= 0.6 is 15.9 Å². The lowest BCUT2D eigenvalue weighted by atomic mass is 9.91. The maximum absolute atomic E-state index is 13.8. The van der Waals surface area contributed by atoms with Gasteiger partial charge in [0.1, 0.15) is 5.82 Å². The molecule has 1 unspecified atom stereocenters.